The molecular weight excluding hydrogens is 212 g/mol. The maximum Gasteiger partial charge on any atom is 0.123 e. The summed E-state index contributed by atoms with van der Waals surface area (Å²) in [6.07, 6.45) is 1.44. The summed E-state index contributed by atoms with van der Waals surface area (Å²) in [7, 11) is 0. The highest BCUT2D eigenvalue weighted by Crippen LogP contribution is 2.35. The Labute approximate surface area is 105 Å². The highest BCUT2D eigenvalue weighted by atomic mass is 16.5. The molecule has 1 unspecified atom stereocenters. The molecule has 0 bridgehead atoms. The molecule has 2 heteroatoms. The van der Waals surface area contributed by atoms with E-state index in [2.05, 4.69) is 26.8 Å². The van der Waals surface area contributed by atoms with Gasteiger partial charge in [0, 0.05) is 0 Å². The minimum atomic E-state index is -0.302. The second-order valence-electron chi connectivity index (χ2n) is 5.28. The molecule has 0 heterocycles. The number of hydrogen-bond donors (Lipinski definition) is 1. The largest absolute Gasteiger partial charge is 0.493 e. The lowest BCUT2D eigenvalue weighted by Crippen LogP contribution is -2.23. The van der Waals surface area contributed by atoms with Crippen LogP contribution < -0.4 is 4.74 Å². The lowest BCUT2D eigenvalue weighted by atomic mass is 9.79. The zero-order chi connectivity index (χ0) is 12.9. The van der Waals surface area contributed by atoms with E-state index in [0.717, 1.165) is 25.2 Å². The van der Waals surface area contributed by atoms with Crippen molar-refractivity contribution in [2.24, 2.45) is 0 Å². The Morgan fingerprint density at radius 1 is 1.29 bits per heavy atom. The number of para-hydroxylation sites is 1. The monoisotopic (exact) mass is 236 g/mol. The van der Waals surface area contributed by atoms with Crippen molar-refractivity contribution in [2.75, 3.05) is 6.61 Å². The van der Waals surface area contributed by atoms with Crippen molar-refractivity contribution in [3.05, 3.63) is 29.8 Å². The van der Waals surface area contributed by atoms with Crippen LogP contribution in [0.2, 0.25) is 0 Å². The SMILES string of the molecule is CCCOc1ccccc1C(C)(C)CC(C)O. The molecule has 1 rings (SSSR count). The summed E-state index contributed by atoms with van der Waals surface area (Å²) in [6, 6.07) is 8.12. The van der Waals surface area contributed by atoms with Gasteiger partial charge in [-0.2, -0.15) is 0 Å². The molecule has 0 aliphatic rings. The zero-order valence-corrected chi connectivity index (χ0v) is 11.4. The normalized spacial score (nSPS) is 13.5. The minimum absolute atomic E-state index is 0.0709. The van der Waals surface area contributed by atoms with Crippen LogP contribution in [0.3, 0.4) is 0 Å². The maximum absolute atomic E-state index is 9.58. The lowest BCUT2D eigenvalue weighted by molar-refractivity contribution is 0.155. The lowest BCUT2D eigenvalue weighted by Gasteiger charge is -2.28. The van der Waals surface area contributed by atoms with Crippen LogP contribution in [0.25, 0.3) is 0 Å². The van der Waals surface area contributed by atoms with Crippen LogP contribution in [0.5, 0.6) is 5.75 Å². The molecule has 0 amide bonds. The van der Waals surface area contributed by atoms with Gasteiger partial charge in [0.05, 0.1) is 12.7 Å². The van der Waals surface area contributed by atoms with Crippen molar-refractivity contribution in [3.63, 3.8) is 0 Å². The Hall–Kier alpha value is -1.02. The van der Waals surface area contributed by atoms with E-state index in [9.17, 15) is 5.11 Å². The van der Waals surface area contributed by atoms with Gasteiger partial charge in [0.2, 0.25) is 0 Å². The predicted molar refractivity (Wildman–Crippen MR) is 71.6 cm³/mol. The third-order valence-electron chi connectivity index (χ3n) is 2.88. The molecule has 0 radical (unpaired) electrons. The van der Waals surface area contributed by atoms with E-state index in [1.807, 2.05) is 25.1 Å². The first-order valence-electron chi connectivity index (χ1n) is 6.37. The van der Waals surface area contributed by atoms with E-state index in [1.165, 1.54) is 5.56 Å². The summed E-state index contributed by atoms with van der Waals surface area (Å²) in [6.45, 7) is 8.96. The smallest absolute Gasteiger partial charge is 0.123 e. The van der Waals surface area contributed by atoms with Gasteiger partial charge in [-0.05, 0) is 36.8 Å². The third-order valence-corrected chi connectivity index (χ3v) is 2.88. The fraction of sp³-hybridized carbons (Fsp3) is 0.600. The molecule has 0 aromatic heterocycles. The van der Waals surface area contributed by atoms with Gasteiger partial charge in [-0.25, -0.2) is 0 Å². The van der Waals surface area contributed by atoms with Gasteiger partial charge >= 0.3 is 0 Å². The standard InChI is InChI=1S/C15H24O2/c1-5-10-17-14-9-7-6-8-13(14)15(3,4)11-12(2)16/h6-9,12,16H,5,10-11H2,1-4H3. The topological polar surface area (TPSA) is 29.5 Å². The van der Waals surface area contributed by atoms with E-state index in [1.54, 1.807) is 0 Å². The van der Waals surface area contributed by atoms with Crippen molar-refractivity contribution < 1.29 is 9.84 Å². The van der Waals surface area contributed by atoms with Crippen molar-refractivity contribution in [1.82, 2.24) is 0 Å². The second kappa shape index (κ2) is 6.06. The summed E-state index contributed by atoms with van der Waals surface area (Å²) in [5, 5.41) is 9.58. The number of rotatable bonds is 6. The molecule has 1 aromatic rings. The van der Waals surface area contributed by atoms with Crippen molar-refractivity contribution in [1.29, 1.82) is 0 Å². The Morgan fingerprint density at radius 3 is 2.53 bits per heavy atom. The van der Waals surface area contributed by atoms with Gasteiger partial charge in [-0.3, -0.25) is 0 Å². The van der Waals surface area contributed by atoms with Crippen molar-refractivity contribution in [2.45, 2.75) is 52.1 Å². The third kappa shape index (κ3) is 4.04. The average Bonchev–Trinajstić information content (AvgIpc) is 2.25. The first-order chi connectivity index (χ1) is 7.97. The Bertz CT molecular complexity index is 343. The molecule has 0 saturated heterocycles. The van der Waals surface area contributed by atoms with E-state index < -0.39 is 0 Å². The molecule has 1 aromatic carbocycles. The summed E-state index contributed by atoms with van der Waals surface area (Å²) in [4.78, 5) is 0. The van der Waals surface area contributed by atoms with E-state index >= 15 is 0 Å². The second-order valence-corrected chi connectivity index (χ2v) is 5.28. The number of hydrogen-bond acceptors (Lipinski definition) is 2. The number of aliphatic hydroxyl groups excluding tert-OH is 1. The van der Waals surface area contributed by atoms with Crippen molar-refractivity contribution >= 4 is 0 Å². The summed E-state index contributed by atoms with van der Waals surface area (Å²) in [5.41, 5.74) is 1.10. The summed E-state index contributed by atoms with van der Waals surface area (Å²) < 4.78 is 5.77. The van der Waals surface area contributed by atoms with Gasteiger partial charge in [-0.1, -0.05) is 39.0 Å². The molecule has 0 aliphatic heterocycles. The first-order valence-corrected chi connectivity index (χ1v) is 6.37. The summed E-state index contributed by atoms with van der Waals surface area (Å²) in [5.74, 6) is 0.944. The Balaban J connectivity index is 2.94. The molecule has 0 spiro atoms. The number of aliphatic hydroxyl groups is 1. The molecule has 1 atom stereocenters. The molecule has 17 heavy (non-hydrogen) atoms. The fourth-order valence-electron chi connectivity index (χ4n) is 2.21. The molecule has 0 aliphatic carbocycles. The van der Waals surface area contributed by atoms with Gasteiger partial charge in [0.1, 0.15) is 5.75 Å². The van der Waals surface area contributed by atoms with Crippen LogP contribution in [0, 0.1) is 0 Å². The first kappa shape index (κ1) is 14.0. The van der Waals surface area contributed by atoms with Crippen LogP contribution >= 0.6 is 0 Å². The van der Waals surface area contributed by atoms with E-state index in [0.29, 0.717) is 0 Å². The van der Waals surface area contributed by atoms with Crippen LogP contribution in [0.15, 0.2) is 24.3 Å². The van der Waals surface area contributed by atoms with Gasteiger partial charge in [0.15, 0.2) is 0 Å². The van der Waals surface area contributed by atoms with Gasteiger partial charge in [0.25, 0.3) is 0 Å². The molecule has 1 N–H and O–H groups in total. The van der Waals surface area contributed by atoms with E-state index in [4.69, 9.17) is 4.74 Å². The Morgan fingerprint density at radius 2 is 1.94 bits per heavy atom. The van der Waals surface area contributed by atoms with Crippen LogP contribution in [0.1, 0.15) is 46.1 Å². The van der Waals surface area contributed by atoms with Crippen molar-refractivity contribution in [3.8, 4) is 5.75 Å². The highest BCUT2D eigenvalue weighted by molar-refractivity contribution is 5.38. The van der Waals surface area contributed by atoms with E-state index in [-0.39, 0.29) is 11.5 Å². The summed E-state index contributed by atoms with van der Waals surface area (Å²) >= 11 is 0. The van der Waals surface area contributed by atoms with Gasteiger partial charge < -0.3 is 9.84 Å². The molecular formula is C15H24O2. The van der Waals surface area contributed by atoms with Crippen LogP contribution in [-0.2, 0) is 5.41 Å². The van der Waals surface area contributed by atoms with Crippen LogP contribution in [-0.4, -0.2) is 17.8 Å². The van der Waals surface area contributed by atoms with Crippen LogP contribution in [0.4, 0.5) is 0 Å². The quantitative estimate of drug-likeness (QED) is 0.819. The maximum atomic E-state index is 9.58. The number of ether oxygens (including phenoxy) is 1. The molecule has 96 valence electrons. The zero-order valence-electron chi connectivity index (χ0n) is 11.4. The minimum Gasteiger partial charge on any atom is -0.493 e. The van der Waals surface area contributed by atoms with Gasteiger partial charge in [-0.15, -0.1) is 0 Å². The number of benzene rings is 1. The predicted octanol–water partition coefficient (Wildman–Crippen LogP) is 3.52. The molecule has 0 fully saturated rings. The highest BCUT2D eigenvalue weighted by Gasteiger charge is 2.25. The molecule has 2 nitrogen and oxygen atoms in total. The molecule has 0 saturated carbocycles. The average molecular weight is 236 g/mol. The Kier molecular flexibility index (Phi) is 5.01. The fourth-order valence-corrected chi connectivity index (χ4v) is 2.21.